The van der Waals surface area contributed by atoms with E-state index in [0.717, 1.165) is 11.3 Å². The minimum absolute atomic E-state index is 0.0830. The van der Waals surface area contributed by atoms with E-state index in [-0.39, 0.29) is 16.7 Å². The van der Waals surface area contributed by atoms with Crippen molar-refractivity contribution in [2.24, 2.45) is 0 Å². The van der Waals surface area contributed by atoms with Gasteiger partial charge < -0.3 is 10.4 Å². The summed E-state index contributed by atoms with van der Waals surface area (Å²) in [5, 5.41) is 11.9. The van der Waals surface area contributed by atoms with E-state index in [1.165, 1.54) is 18.2 Å². The summed E-state index contributed by atoms with van der Waals surface area (Å²) in [5.41, 5.74) is 1.56. The van der Waals surface area contributed by atoms with Gasteiger partial charge in [0.25, 0.3) is 0 Å². The summed E-state index contributed by atoms with van der Waals surface area (Å²) in [6, 6.07) is 14.2. The molecule has 0 radical (unpaired) electrons. The Morgan fingerprint density at radius 1 is 1.21 bits per heavy atom. The number of anilines is 1. The molecule has 6 heteroatoms. The Hall–Kier alpha value is -1.98. The van der Waals surface area contributed by atoms with Crippen molar-refractivity contribution >= 4 is 40.9 Å². The van der Waals surface area contributed by atoms with Gasteiger partial charge in [-0.1, -0.05) is 48.9 Å². The average molecular weight is 364 g/mol. The third-order valence-corrected chi connectivity index (χ3v) is 5.21. The number of nitrogens with one attached hydrogen (secondary N) is 1. The van der Waals surface area contributed by atoms with Crippen LogP contribution in [0.1, 0.15) is 29.3 Å². The minimum Gasteiger partial charge on any atom is -0.478 e. The Morgan fingerprint density at radius 2 is 1.92 bits per heavy atom. The molecule has 0 aromatic heterocycles. The van der Waals surface area contributed by atoms with Gasteiger partial charge in [-0.25, -0.2) is 4.79 Å². The topological polar surface area (TPSA) is 66.4 Å². The Morgan fingerprint density at radius 3 is 2.54 bits per heavy atom. The van der Waals surface area contributed by atoms with E-state index < -0.39 is 5.97 Å². The largest absolute Gasteiger partial charge is 0.478 e. The molecule has 2 rings (SSSR count). The second-order valence-electron chi connectivity index (χ2n) is 5.18. The van der Waals surface area contributed by atoms with Crippen LogP contribution in [0.2, 0.25) is 5.02 Å². The molecular formula is C18H18ClNO3S. The highest BCUT2D eigenvalue weighted by Gasteiger charge is 2.19. The van der Waals surface area contributed by atoms with Gasteiger partial charge in [0.1, 0.15) is 0 Å². The van der Waals surface area contributed by atoms with Crippen molar-refractivity contribution in [2.45, 2.75) is 24.3 Å². The number of thioether (sulfide) groups is 1. The van der Waals surface area contributed by atoms with Crippen molar-refractivity contribution in [1.82, 2.24) is 0 Å². The number of carboxylic acids is 1. The highest BCUT2D eigenvalue weighted by atomic mass is 35.5. The number of hydrogen-bond acceptors (Lipinski definition) is 3. The zero-order chi connectivity index (χ0) is 17.5. The highest BCUT2D eigenvalue weighted by molar-refractivity contribution is 7.99. The molecule has 0 heterocycles. The van der Waals surface area contributed by atoms with Gasteiger partial charge in [0.05, 0.1) is 21.5 Å². The maximum Gasteiger partial charge on any atom is 0.335 e. The lowest BCUT2D eigenvalue weighted by atomic mass is 10.2. The van der Waals surface area contributed by atoms with Crippen LogP contribution in [0.4, 0.5) is 5.69 Å². The van der Waals surface area contributed by atoms with Crippen molar-refractivity contribution in [3.05, 3.63) is 64.7 Å². The van der Waals surface area contributed by atoms with Gasteiger partial charge in [-0.3, -0.25) is 4.79 Å². The van der Waals surface area contributed by atoms with Crippen molar-refractivity contribution in [3.8, 4) is 0 Å². The predicted molar refractivity (Wildman–Crippen MR) is 98.9 cm³/mol. The lowest BCUT2D eigenvalue weighted by Gasteiger charge is -2.16. The summed E-state index contributed by atoms with van der Waals surface area (Å²) in [6.07, 6.45) is 0.666. The summed E-state index contributed by atoms with van der Waals surface area (Å²) >= 11 is 7.60. The fraction of sp³-hybridized carbons (Fsp3) is 0.222. The maximum absolute atomic E-state index is 12.5. The number of benzene rings is 2. The molecule has 1 amide bonds. The number of rotatable bonds is 7. The molecule has 24 heavy (non-hydrogen) atoms. The molecule has 0 aliphatic heterocycles. The molecular weight excluding hydrogens is 346 g/mol. The van der Waals surface area contributed by atoms with E-state index in [4.69, 9.17) is 16.7 Å². The van der Waals surface area contributed by atoms with E-state index >= 15 is 0 Å². The number of carbonyl (C=O) groups excluding carboxylic acids is 1. The molecule has 1 atom stereocenters. The molecule has 0 fully saturated rings. The van der Waals surface area contributed by atoms with Gasteiger partial charge in [0.15, 0.2) is 0 Å². The molecule has 0 aliphatic rings. The van der Waals surface area contributed by atoms with Crippen LogP contribution < -0.4 is 5.32 Å². The van der Waals surface area contributed by atoms with Gasteiger partial charge in [-0.05, 0) is 30.2 Å². The first-order chi connectivity index (χ1) is 11.5. The van der Waals surface area contributed by atoms with Crippen molar-refractivity contribution < 1.29 is 14.7 Å². The SMILES string of the molecule is CCC(SCc1ccccc1)C(=O)Nc1cc(C(=O)O)ccc1Cl. The van der Waals surface area contributed by atoms with Gasteiger partial charge in [-0.15, -0.1) is 11.8 Å². The van der Waals surface area contributed by atoms with E-state index in [9.17, 15) is 9.59 Å². The molecule has 0 saturated carbocycles. The number of carbonyl (C=O) groups is 2. The van der Waals surface area contributed by atoms with Crippen LogP contribution in [0.25, 0.3) is 0 Å². The third kappa shape index (κ3) is 5.01. The van der Waals surface area contributed by atoms with Gasteiger partial charge in [0, 0.05) is 5.75 Å². The van der Waals surface area contributed by atoms with E-state index in [0.29, 0.717) is 17.1 Å². The Bertz CT molecular complexity index is 721. The zero-order valence-corrected chi connectivity index (χ0v) is 14.7. The minimum atomic E-state index is -1.06. The quantitative estimate of drug-likeness (QED) is 0.749. The van der Waals surface area contributed by atoms with Crippen LogP contribution in [0.15, 0.2) is 48.5 Å². The molecule has 0 spiro atoms. The monoisotopic (exact) mass is 363 g/mol. The number of carboxylic acid groups (broad SMARTS) is 1. The fourth-order valence-corrected chi connectivity index (χ4v) is 3.31. The summed E-state index contributed by atoms with van der Waals surface area (Å²) in [7, 11) is 0. The van der Waals surface area contributed by atoms with Crippen molar-refractivity contribution in [3.63, 3.8) is 0 Å². The number of halogens is 1. The summed E-state index contributed by atoms with van der Waals surface area (Å²) in [5.74, 6) is -0.508. The first kappa shape index (κ1) is 18.4. The number of amides is 1. The third-order valence-electron chi connectivity index (χ3n) is 3.43. The molecule has 1 unspecified atom stereocenters. The molecule has 0 bridgehead atoms. The summed E-state index contributed by atoms with van der Waals surface area (Å²) in [6.45, 7) is 1.94. The van der Waals surface area contributed by atoms with Gasteiger partial charge >= 0.3 is 5.97 Å². The maximum atomic E-state index is 12.5. The number of hydrogen-bond donors (Lipinski definition) is 2. The summed E-state index contributed by atoms with van der Waals surface area (Å²) in [4.78, 5) is 23.5. The first-order valence-corrected chi connectivity index (χ1v) is 8.93. The normalized spacial score (nSPS) is 11.8. The molecule has 2 N–H and O–H groups in total. The Kier molecular flexibility index (Phi) is 6.70. The molecule has 126 valence electrons. The second-order valence-corrected chi connectivity index (χ2v) is 6.78. The molecule has 2 aromatic carbocycles. The standard InChI is InChI=1S/C18H18ClNO3S/c1-2-16(24-11-12-6-4-3-5-7-12)17(21)20-15-10-13(18(22)23)8-9-14(15)19/h3-10,16H,2,11H2,1H3,(H,20,21)(H,22,23). The van der Waals surface area contributed by atoms with Crippen molar-refractivity contribution in [2.75, 3.05) is 5.32 Å². The van der Waals surface area contributed by atoms with E-state index in [1.807, 2.05) is 37.3 Å². The Balaban J connectivity index is 2.04. The zero-order valence-electron chi connectivity index (χ0n) is 13.2. The van der Waals surface area contributed by atoms with Crippen LogP contribution in [0, 0.1) is 0 Å². The van der Waals surface area contributed by atoms with Gasteiger partial charge in [-0.2, -0.15) is 0 Å². The van der Waals surface area contributed by atoms with E-state index in [2.05, 4.69) is 5.32 Å². The average Bonchev–Trinajstić information content (AvgIpc) is 2.58. The second kappa shape index (κ2) is 8.76. The van der Waals surface area contributed by atoms with Crippen LogP contribution >= 0.6 is 23.4 Å². The molecule has 4 nitrogen and oxygen atoms in total. The summed E-state index contributed by atoms with van der Waals surface area (Å²) < 4.78 is 0. The lowest BCUT2D eigenvalue weighted by Crippen LogP contribution is -2.25. The van der Waals surface area contributed by atoms with Crippen LogP contribution in [0.3, 0.4) is 0 Å². The Labute approximate surface area is 150 Å². The molecule has 2 aromatic rings. The van der Waals surface area contributed by atoms with Gasteiger partial charge in [0.2, 0.25) is 5.91 Å². The van der Waals surface area contributed by atoms with E-state index in [1.54, 1.807) is 11.8 Å². The van der Waals surface area contributed by atoms with Crippen LogP contribution in [0.5, 0.6) is 0 Å². The van der Waals surface area contributed by atoms with Crippen LogP contribution in [-0.2, 0) is 10.5 Å². The molecule has 0 saturated heterocycles. The predicted octanol–water partition coefficient (Wildman–Crippen LogP) is 4.69. The van der Waals surface area contributed by atoms with Crippen LogP contribution in [-0.4, -0.2) is 22.2 Å². The number of aromatic carboxylic acids is 1. The highest BCUT2D eigenvalue weighted by Crippen LogP contribution is 2.26. The fourth-order valence-electron chi connectivity index (χ4n) is 2.12. The lowest BCUT2D eigenvalue weighted by molar-refractivity contribution is -0.115. The molecule has 0 aliphatic carbocycles. The smallest absolute Gasteiger partial charge is 0.335 e. The van der Waals surface area contributed by atoms with Crippen molar-refractivity contribution in [1.29, 1.82) is 0 Å². The first-order valence-electron chi connectivity index (χ1n) is 7.50.